The van der Waals surface area contributed by atoms with E-state index >= 15 is 0 Å². The van der Waals surface area contributed by atoms with Crippen LogP contribution in [0.25, 0.3) is 11.6 Å². The van der Waals surface area contributed by atoms with Gasteiger partial charge in [0.05, 0.1) is 5.69 Å². The second kappa shape index (κ2) is 5.18. The van der Waals surface area contributed by atoms with Crippen LogP contribution in [0.2, 0.25) is 0 Å². The summed E-state index contributed by atoms with van der Waals surface area (Å²) in [7, 11) is 0. The van der Waals surface area contributed by atoms with E-state index in [-0.39, 0.29) is 5.56 Å². The van der Waals surface area contributed by atoms with E-state index in [4.69, 9.17) is 0 Å². The number of aromatic amines is 1. The van der Waals surface area contributed by atoms with Gasteiger partial charge in [-0.1, -0.05) is 13.3 Å². The number of rotatable bonds is 3. The third-order valence-corrected chi connectivity index (χ3v) is 3.01. The lowest BCUT2D eigenvalue weighted by molar-refractivity contribution is 0.857. The fourth-order valence-corrected chi connectivity index (χ4v) is 1.82. The zero-order valence-corrected chi connectivity index (χ0v) is 10.9. The molecular formula is C11H11BrN4O. The number of H-pyrrole nitrogens is 1. The molecule has 5 nitrogen and oxygen atoms in total. The molecule has 0 atom stereocenters. The Balaban J connectivity index is 2.53. The van der Waals surface area contributed by atoms with E-state index in [1.165, 1.54) is 0 Å². The van der Waals surface area contributed by atoms with E-state index < -0.39 is 0 Å². The van der Waals surface area contributed by atoms with E-state index in [1.54, 1.807) is 18.5 Å². The van der Waals surface area contributed by atoms with Crippen molar-refractivity contribution in [3.05, 3.63) is 39.0 Å². The average molecular weight is 295 g/mol. The second-order valence-corrected chi connectivity index (χ2v) is 4.29. The first-order valence-electron chi connectivity index (χ1n) is 5.28. The molecule has 0 radical (unpaired) electrons. The van der Waals surface area contributed by atoms with Crippen molar-refractivity contribution in [3.63, 3.8) is 0 Å². The molecule has 0 fully saturated rings. The Morgan fingerprint density at radius 3 is 2.71 bits per heavy atom. The Morgan fingerprint density at radius 1 is 1.35 bits per heavy atom. The number of aryl methyl sites for hydroxylation is 1. The van der Waals surface area contributed by atoms with Crippen molar-refractivity contribution < 1.29 is 0 Å². The molecule has 0 aliphatic carbocycles. The summed E-state index contributed by atoms with van der Waals surface area (Å²) in [4.78, 5) is 26.9. The molecule has 0 bridgehead atoms. The van der Waals surface area contributed by atoms with E-state index in [9.17, 15) is 4.79 Å². The minimum Gasteiger partial charge on any atom is -0.303 e. The molecule has 0 aliphatic heterocycles. The summed E-state index contributed by atoms with van der Waals surface area (Å²) in [6, 6.07) is 1.72. The molecule has 2 heterocycles. The molecule has 0 saturated heterocycles. The number of nitrogens with zero attached hydrogens (tertiary/aromatic N) is 3. The average Bonchev–Trinajstić information content (AvgIpc) is 2.36. The molecule has 2 aromatic rings. The third-order valence-electron chi connectivity index (χ3n) is 2.20. The number of halogens is 1. The van der Waals surface area contributed by atoms with Crippen molar-refractivity contribution in [2.24, 2.45) is 0 Å². The van der Waals surface area contributed by atoms with Crippen molar-refractivity contribution in [2.75, 3.05) is 0 Å². The number of hydrogen-bond donors (Lipinski definition) is 1. The zero-order valence-electron chi connectivity index (χ0n) is 9.27. The van der Waals surface area contributed by atoms with Crippen LogP contribution in [-0.2, 0) is 6.42 Å². The lowest BCUT2D eigenvalue weighted by atomic mass is 10.2. The van der Waals surface area contributed by atoms with Crippen LogP contribution in [0.3, 0.4) is 0 Å². The minimum atomic E-state index is -0.203. The Morgan fingerprint density at radius 2 is 2.06 bits per heavy atom. The summed E-state index contributed by atoms with van der Waals surface area (Å²) < 4.78 is 0.485. The van der Waals surface area contributed by atoms with Crippen molar-refractivity contribution in [1.82, 2.24) is 19.9 Å². The van der Waals surface area contributed by atoms with Crippen molar-refractivity contribution in [3.8, 4) is 11.6 Å². The van der Waals surface area contributed by atoms with Crippen LogP contribution in [0.5, 0.6) is 0 Å². The van der Waals surface area contributed by atoms with Crippen LogP contribution in [0.1, 0.15) is 19.0 Å². The normalized spacial score (nSPS) is 10.5. The SMILES string of the molecule is CCCc1nc(-c2ncccn2)[nH]c(=O)c1Br. The maximum Gasteiger partial charge on any atom is 0.265 e. The van der Waals surface area contributed by atoms with Gasteiger partial charge in [-0.3, -0.25) is 4.79 Å². The molecule has 1 N–H and O–H groups in total. The van der Waals surface area contributed by atoms with Crippen molar-refractivity contribution >= 4 is 15.9 Å². The molecule has 0 aliphatic rings. The number of nitrogens with one attached hydrogen (secondary N) is 1. The minimum absolute atomic E-state index is 0.203. The maximum atomic E-state index is 11.7. The van der Waals surface area contributed by atoms with Gasteiger partial charge in [0, 0.05) is 12.4 Å². The quantitative estimate of drug-likeness (QED) is 0.939. The van der Waals surface area contributed by atoms with Gasteiger partial charge in [-0.25, -0.2) is 15.0 Å². The highest BCUT2D eigenvalue weighted by atomic mass is 79.9. The van der Waals surface area contributed by atoms with Crippen molar-refractivity contribution in [1.29, 1.82) is 0 Å². The molecule has 0 saturated carbocycles. The van der Waals surface area contributed by atoms with Gasteiger partial charge in [0.1, 0.15) is 4.47 Å². The van der Waals surface area contributed by atoms with Gasteiger partial charge in [-0.2, -0.15) is 0 Å². The topological polar surface area (TPSA) is 71.5 Å². The van der Waals surface area contributed by atoms with Crippen LogP contribution >= 0.6 is 15.9 Å². The molecule has 2 aromatic heterocycles. The van der Waals surface area contributed by atoms with Gasteiger partial charge >= 0.3 is 0 Å². The lowest BCUT2D eigenvalue weighted by Gasteiger charge is -2.04. The standard InChI is InChI=1S/C11H11BrN4O/c1-2-4-7-8(12)11(17)16-10(15-7)9-13-5-3-6-14-9/h3,5-6H,2,4H2,1H3,(H,15,16,17). The zero-order chi connectivity index (χ0) is 12.3. The first kappa shape index (κ1) is 11.9. The van der Waals surface area contributed by atoms with Gasteiger partial charge in [-0.05, 0) is 28.4 Å². The number of hydrogen-bond acceptors (Lipinski definition) is 4. The molecule has 88 valence electrons. The Hall–Kier alpha value is -1.56. The first-order valence-corrected chi connectivity index (χ1v) is 6.07. The number of aromatic nitrogens is 4. The van der Waals surface area contributed by atoms with Crippen LogP contribution in [-0.4, -0.2) is 19.9 Å². The van der Waals surface area contributed by atoms with Gasteiger partial charge in [0.2, 0.25) is 0 Å². The predicted molar refractivity (Wildman–Crippen MR) is 67.6 cm³/mol. The molecule has 0 aromatic carbocycles. The van der Waals surface area contributed by atoms with Crippen LogP contribution in [0.4, 0.5) is 0 Å². The lowest BCUT2D eigenvalue weighted by Crippen LogP contribution is -2.14. The summed E-state index contributed by atoms with van der Waals surface area (Å²) in [6.45, 7) is 2.04. The summed E-state index contributed by atoms with van der Waals surface area (Å²) in [5, 5.41) is 0. The molecule has 0 spiro atoms. The van der Waals surface area contributed by atoms with Gasteiger partial charge < -0.3 is 4.98 Å². The van der Waals surface area contributed by atoms with Crippen LogP contribution < -0.4 is 5.56 Å². The highest BCUT2D eigenvalue weighted by Gasteiger charge is 2.10. The monoisotopic (exact) mass is 294 g/mol. The molecule has 17 heavy (non-hydrogen) atoms. The van der Waals surface area contributed by atoms with E-state index in [0.29, 0.717) is 16.1 Å². The smallest absolute Gasteiger partial charge is 0.265 e. The third kappa shape index (κ3) is 2.58. The Bertz CT molecular complexity index is 567. The summed E-state index contributed by atoms with van der Waals surface area (Å²) in [5.74, 6) is 0.830. The van der Waals surface area contributed by atoms with E-state index in [2.05, 4.69) is 35.9 Å². The predicted octanol–water partition coefficient (Wildman–Crippen LogP) is 1.94. The van der Waals surface area contributed by atoms with Crippen molar-refractivity contribution in [2.45, 2.75) is 19.8 Å². The van der Waals surface area contributed by atoms with Crippen LogP contribution in [0, 0.1) is 0 Å². The molecule has 6 heteroatoms. The fourth-order valence-electron chi connectivity index (χ4n) is 1.44. The first-order chi connectivity index (χ1) is 8.22. The summed E-state index contributed by atoms with van der Waals surface area (Å²) in [5.41, 5.74) is 0.532. The Labute approximate surface area is 106 Å². The highest BCUT2D eigenvalue weighted by Crippen LogP contribution is 2.14. The summed E-state index contributed by atoms with van der Waals surface area (Å²) >= 11 is 3.24. The fraction of sp³-hybridized carbons (Fsp3) is 0.273. The Kier molecular flexibility index (Phi) is 3.63. The highest BCUT2D eigenvalue weighted by molar-refractivity contribution is 9.10. The summed E-state index contributed by atoms with van der Waals surface area (Å²) in [6.07, 6.45) is 4.89. The molecule has 0 amide bonds. The van der Waals surface area contributed by atoms with Gasteiger partial charge in [0.15, 0.2) is 11.6 Å². The second-order valence-electron chi connectivity index (χ2n) is 3.50. The largest absolute Gasteiger partial charge is 0.303 e. The molecular weight excluding hydrogens is 284 g/mol. The van der Waals surface area contributed by atoms with E-state index in [0.717, 1.165) is 18.5 Å². The van der Waals surface area contributed by atoms with Crippen LogP contribution in [0.15, 0.2) is 27.7 Å². The molecule has 2 rings (SSSR count). The molecule has 0 unspecified atom stereocenters. The van der Waals surface area contributed by atoms with E-state index in [1.807, 2.05) is 6.92 Å². The maximum absolute atomic E-state index is 11.7. The van der Waals surface area contributed by atoms with Gasteiger partial charge in [-0.15, -0.1) is 0 Å². The van der Waals surface area contributed by atoms with Gasteiger partial charge in [0.25, 0.3) is 5.56 Å².